The SMILES string of the molecule is O=P([O-])([O-])CN(CCN(CP(=O)(O)O)CP(=O)(O)O)CCN(CP(=O)(O)O)CP(=O)(O)O.O=P([O-])([O-])CN(CCN(CP(=O)(O)O)CP(=O)(O)O)CCN(CP(=O)(O)O)CP(=O)(O)O.O=P([O-])([O-])CN(CCN(CP(=O)(O)O)CP(=O)(O)O)CCN(CP(=O)(O)O)CP(=O)(O)O.[Al+3].[Al+3]. The molecule has 0 heterocycles. The fourth-order valence-electron chi connectivity index (χ4n) is 7.43. The molecule has 0 aliphatic carbocycles. The van der Waals surface area contributed by atoms with Crippen molar-refractivity contribution < 1.29 is 215 Å². The summed E-state index contributed by atoms with van der Waals surface area (Å²) in [7, 11) is -73.1. The molecule has 0 aromatic carbocycles. The van der Waals surface area contributed by atoms with E-state index in [1.54, 1.807) is 0 Å². The van der Waals surface area contributed by atoms with Crippen molar-refractivity contribution in [3.8, 4) is 0 Å². The Morgan fingerprint density at radius 1 is 0.153 bits per heavy atom. The van der Waals surface area contributed by atoms with Crippen LogP contribution in [0.2, 0.25) is 0 Å². The average molecular weight is 1770 g/mol. The fraction of sp³-hybridized carbons (Fsp3) is 1.00. The Balaban J connectivity index is -0.000000437. The quantitative estimate of drug-likeness (QED) is 0.0199. The molecule has 0 aromatic rings. The second-order valence-electron chi connectivity index (χ2n) is 20.7. The number of hydrogen-bond acceptors (Lipinski definition) is 30. The smallest absolute Gasteiger partial charge is 0.810 e. The van der Waals surface area contributed by atoms with Crippen LogP contribution in [0.4, 0.5) is 0 Å². The summed E-state index contributed by atoms with van der Waals surface area (Å²) in [6.07, 6.45) is -16.7. The minimum atomic E-state index is -5.23. The monoisotopic (exact) mass is 1770 g/mol. The molecule has 0 fully saturated rings. The van der Waals surface area contributed by atoms with Crippen LogP contribution in [0.25, 0.3) is 0 Å². The Morgan fingerprint density at radius 2 is 0.224 bits per heavy atom. The summed E-state index contributed by atoms with van der Waals surface area (Å²) >= 11 is 0. The standard InChI is InChI=1S/3C9H28N3O15P5.2Al/c3*13-28(14,15)5-10(1-3-11(6-29(16,17)18)7-30(19,20)21)2-4-12(8-31(22,23)24)9-32(25,26)27;;/h3*1-9H2,(H2,13,14,15)(H2,16,17,18)(H2,19,20,21)(H2,22,23,24)(H2,25,26,27);;/q;;;2*+3/p-6. The molecule has 582 valence electrons. The number of rotatable bonds is 48. The van der Waals surface area contributed by atoms with Crippen molar-refractivity contribution in [1.82, 2.24) is 44.1 Å². The Morgan fingerprint density at radius 3 is 0.286 bits per heavy atom. The van der Waals surface area contributed by atoms with Crippen LogP contribution in [0.1, 0.15) is 0 Å². The first-order valence-electron chi connectivity index (χ1n) is 24.9. The third-order valence-electron chi connectivity index (χ3n) is 10.1. The van der Waals surface area contributed by atoms with Gasteiger partial charge in [-0.3, -0.25) is 98.9 Å². The van der Waals surface area contributed by atoms with E-state index < -0.39 is 287 Å². The zero-order valence-corrected chi connectivity index (χ0v) is 66.0. The molecule has 0 saturated carbocycles. The molecule has 0 rings (SSSR count). The van der Waals surface area contributed by atoms with Crippen molar-refractivity contribution in [2.75, 3.05) is 173 Å². The van der Waals surface area contributed by atoms with Gasteiger partial charge in [0.1, 0.15) is 75.4 Å². The molecule has 0 atom stereocenters. The summed E-state index contributed by atoms with van der Waals surface area (Å²) in [4.78, 5) is 290. The molecule has 0 aliphatic heterocycles. The average Bonchev–Trinajstić information content (AvgIpc) is 3.21. The van der Waals surface area contributed by atoms with Gasteiger partial charge < -0.3 is 160 Å². The molecule has 54 nitrogen and oxygen atoms in total. The van der Waals surface area contributed by atoms with Gasteiger partial charge in [-0.2, -0.15) is 0 Å². The molecule has 71 heteroatoms. The van der Waals surface area contributed by atoms with Crippen molar-refractivity contribution in [2.45, 2.75) is 0 Å². The summed E-state index contributed by atoms with van der Waals surface area (Å²) < 4.78 is 167. The second-order valence-corrected chi connectivity index (χ2v) is 44.5. The largest absolute Gasteiger partial charge is 3.00 e. The van der Waals surface area contributed by atoms with E-state index in [1.807, 2.05) is 0 Å². The molecule has 0 aliphatic rings. The van der Waals surface area contributed by atoms with E-state index >= 15 is 0 Å². The van der Waals surface area contributed by atoms with Gasteiger partial charge in [0.05, 0.1) is 0 Å². The van der Waals surface area contributed by atoms with Gasteiger partial charge >= 0.3 is 126 Å². The molecule has 0 unspecified atom stereocenters. The second kappa shape index (κ2) is 45.3. The molecule has 0 amide bonds. The zero-order valence-electron chi connectivity index (χ0n) is 50.3. The summed E-state index contributed by atoms with van der Waals surface area (Å²) in [5.74, 6) is 0. The van der Waals surface area contributed by atoms with E-state index in [-0.39, 0.29) is 34.7 Å². The van der Waals surface area contributed by atoms with Crippen molar-refractivity contribution in [2.24, 2.45) is 0 Å². The third kappa shape index (κ3) is 81.5. The minimum Gasteiger partial charge on any atom is -0.810 e. The first-order valence-corrected chi connectivity index (χ1v) is 51.7. The fourth-order valence-corrected chi connectivity index (χ4v) is 19.8. The van der Waals surface area contributed by atoms with Gasteiger partial charge in [0.15, 0.2) is 0 Å². The Bertz CT molecular complexity index is 2500. The molecular formula is C27H78Al2N9O45P15. The molecule has 0 aromatic heterocycles. The minimum absolute atomic E-state index is 0. The summed E-state index contributed by atoms with van der Waals surface area (Å²) in [5.41, 5.74) is 0. The van der Waals surface area contributed by atoms with Crippen LogP contribution in [0.15, 0.2) is 0 Å². The first kappa shape index (κ1) is 110. The van der Waals surface area contributed by atoms with Crippen molar-refractivity contribution >= 4 is 149 Å². The summed E-state index contributed by atoms with van der Waals surface area (Å²) in [5, 5.41) is 0. The van der Waals surface area contributed by atoms with E-state index in [0.717, 1.165) is 14.7 Å². The molecule has 24 N–H and O–H groups in total. The zero-order chi connectivity index (χ0) is 76.8. The normalized spacial score (nSPS) is 14.4. The molecule has 98 heavy (non-hydrogen) atoms. The Labute approximate surface area is 578 Å². The maximum Gasteiger partial charge on any atom is 3.00 e. The predicted octanol–water partition coefficient (Wildman–Crippen LogP) is -11.8. The van der Waals surface area contributed by atoms with Crippen LogP contribution in [-0.4, -0.2) is 369 Å². The van der Waals surface area contributed by atoms with Crippen LogP contribution >= 0.6 is 114 Å². The van der Waals surface area contributed by atoms with Crippen LogP contribution in [0.3, 0.4) is 0 Å². The Kier molecular flexibility index (Phi) is 50.7. The number of hydrogen-bond donors (Lipinski definition) is 24. The van der Waals surface area contributed by atoms with Crippen molar-refractivity contribution in [3.63, 3.8) is 0 Å². The van der Waals surface area contributed by atoms with Crippen LogP contribution in [-0.2, 0) is 68.5 Å². The van der Waals surface area contributed by atoms with Gasteiger partial charge in [-0.05, 0) is 0 Å². The predicted molar refractivity (Wildman–Crippen MR) is 327 cm³/mol. The van der Waals surface area contributed by atoms with Gasteiger partial charge in [0.25, 0.3) is 0 Å². The molecule has 0 saturated heterocycles. The molecule has 0 spiro atoms. The number of nitrogens with zero attached hydrogens (tertiary/aromatic N) is 9. The molecular weight excluding hydrogens is 1690 g/mol. The third-order valence-corrected chi connectivity index (χ3v) is 21.6. The van der Waals surface area contributed by atoms with E-state index in [9.17, 15) is 97.8 Å². The van der Waals surface area contributed by atoms with Gasteiger partial charge in [-0.15, -0.1) is 0 Å². The van der Waals surface area contributed by atoms with E-state index in [4.69, 9.17) is 117 Å². The Hall–Kier alpha value is 2.95. The van der Waals surface area contributed by atoms with Crippen molar-refractivity contribution in [1.29, 1.82) is 0 Å². The maximum atomic E-state index is 11.2. The van der Waals surface area contributed by atoms with Crippen LogP contribution in [0, 0.1) is 0 Å². The summed E-state index contributed by atoms with van der Waals surface area (Å²) in [6, 6.07) is 0. The van der Waals surface area contributed by atoms with Crippen LogP contribution in [0.5, 0.6) is 0 Å². The van der Waals surface area contributed by atoms with Crippen LogP contribution < -0.4 is 29.4 Å². The van der Waals surface area contributed by atoms with Gasteiger partial charge in [-0.25, -0.2) is 0 Å². The topological polar surface area (TPSA) is 909 Å². The van der Waals surface area contributed by atoms with Gasteiger partial charge in [0.2, 0.25) is 0 Å². The maximum absolute atomic E-state index is 11.2. The van der Waals surface area contributed by atoms with Gasteiger partial charge in [0, 0.05) is 97.4 Å². The molecule has 0 radical (unpaired) electrons. The van der Waals surface area contributed by atoms with E-state index in [2.05, 4.69) is 0 Å². The first-order chi connectivity index (χ1) is 41.8. The summed E-state index contributed by atoms with van der Waals surface area (Å²) in [6.45, 7) is -6.16. The van der Waals surface area contributed by atoms with E-state index in [1.165, 1.54) is 0 Å². The molecule has 0 bridgehead atoms. The van der Waals surface area contributed by atoms with Gasteiger partial charge in [-0.1, -0.05) is 22.8 Å². The van der Waals surface area contributed by atoms with E-state index in [0.29, 0.717) is 29.4 Å². The van der Waals surface area contributed by atoms with Crippen molar-refractivity contribution in [3.05, 3.63) is 0 Å².